The molecule has 0 bridgehead atoms. The van der Waals surface area contributed by atoms with Crippen LogP contribution in [0.4, 0.5) is 0 Å². The minimum Gasteiger partial charge on any atom is -0.504 e. The van der Waals surface area contributed by atoms with Crippen LogP contribution >= 0.6 is 23.2 Å². The van der Waals surface area contributed by atoms with Crippen molar-refractivity contribution in [2.45, 2.75) is 45.3 Å². The summed E-state index contributed by atoms with van der Waals surface area (Å²) < 4.78 is 11.2. The lowest BCUT2D eigenvalue weighted by atomic mass is 10.0. The summed E-state index contributed by atoms with van der Waals surface area (Å²) in [6.45, 7) is 4.98. The Labute approximate surface area is 200 Å². The fourth-order valence-corrected chi connectivity index (χ4v) is 3.79. The number of hydrogen-bond donors (Lipinski definition) is 4. The molecule has 0 aliphatic rings. The molecule has 8 heteroatoms. The highest BCUT2D eigenvalue weighted by atomic mass is 35.5. The number of unbranched alkanes of at least 4 members (excludes halogenated alkanes) is 3. The SMILES string of the molecule is Cc1c([C@@H](O)CNCCCCCCOCCOCc2c(Cl)cccc2Cl)ccc(O)c1O. The number of aliphatic hydroxyl groups is 1. The van der Waals surface area contributed by atoms with E-state index in [1.165, 1.54) is 6.07 Å². The lowest BCUT2D eigenvalue weighted by Gasteiger charge is -2.16. The van der Waals surface area contributed by atoms with Gasteiger partial charge in [0.2, 0.25) is 0 Å². The van der Waals surface area contributed by atoms with Crippen LogP contribution < -0.4 is 5.32 Å². The highest BCUT2D eigenvalue weighted by Crippen LogP contribution is 2.33. The first-order chi connectivity index (χ1) is 15.4. The van der Waals surface area contributed by atoms with Gasteiger partial charge in [-0.05, 0) is 50.1 Å². The van der Waals surface area contributed by atoms with E-state index in [1.807, 2.05) is 6.07 Å². The Kier molecular flexibility index (Phi) is 12.2. The van der Waals surface area contributed by atoms with Gasteiger partial charge >= 0.3 is 0 Å². The van der Waals surface area contributed by atoms with E-state index >= 15 is 0 Å². The molecule has 2 aromatic rings. The molecule has 0 aliphatic heterocycles. The summed E-state index contributed by atoms with van der Waals surface area (Å²) >= 11 is 12.2. The number of halogens is 2. The number of benzene rings is 2. The first kappa shape index (κ1) is 26.7. The van der Waals surface area contributed by atoms with Gasteiger partial charge in [-0.3, -0.25) is 0 Å². The summed E-state index contributed by atoms with van der Waals surface area (Å²) in [4.78, 5) is 0. The van der Waals surface area contributed by atoms with E-state index in [0.29, 0.717) is 54.1 Å². The van der Waals surface area contributed by atoms with E-state index in [9.17, 15) is 15.3 Å². The van der Waals surface area contributed by atoms with Crippen LogP contribution in [-0.2, 0) is 16.1 Å². The zero-order valence-corrected chi connectivity index (χ0v) is 20.0. The number of nitrogens with one attached hydrogen (secondary N) is 1. The third-order valence-electron chi connectivity index (χ3n) is 5.22. The first-order valence-electron chi connectivity index (χ1n) is 10.9. The lowest BCUT2D eigenvalue weighted by molar-refractivity contribution is 0.0393. The monoisotopic (exact) mass is 485 g/mol. The summed E-state index contributed by atoms with van der Waals surface area (Å²) in [5.74, 6) is -0.356. The molecule has 0 heterocycles. The molecular weight excluding hydrogens is 453 g/mol. The van der Waals surface area contributed by atoms with Crippen molar-refractivity contribution >= 4 is 23.2 Å². The van der Waals surface area contributed by atoms with Crippen molar-refractivity contribution in [3.8, 4) is 11.5 Å². The number of aliphatic hydroxyl groups excluding tert-OH is 1. The average Bonchev–Trinajstić information content (AvgIpc) is 2.77. The molecule has 6 nitrogen and oxygen atoms in total. The van der Waals surface area contributed by atoms with Gasteiger partial charge in [0.15, 0.2) is 11.5 Å². The van der Waals surface area contributed by atoms with E-state index in [-0.39, 0.29) is 11.5 Å². The Morgan fingerprint density at radius 3 is 2.34 bits per heavy atom. The van der Waals surface area contributed by atoms with E-state index in [4.69, 9.17) is 32.7 Å². The van der Waals surface area contributed by atoms with Gasteiger partial charge in [-0.2, -0.15) is 0 Å². The molecule has 0 fully saturated rings. The maximum absolute atomic E-state index is 10.3. The van der Waals surface area contributed by atoms with Crippen molar-refractivity contribution < 1.29 is 24.8 Å². The molecule has 2 rings (SSSR count). The molecule has 0 unspecified atom stereocenters. The third-order valence-corrected chi connectivity index (χ3v) is 5.93. The van der Waals surface area contributed by atoms with Crippen molar-refractivity contribution in [3.05, 3.63) is 57.1 Å². The van der Waals surface area contributed by atoms with Gasteiger partial charge in [0.25, 0.3) is 0 Å². The number of phenolic OH excluding ortho intramolecular Hbond substituents is 2. The van der Waals surface area contributed by atoms with Gasteiger partial charge in [0.05, 0.1) is 25.9 Å². The molecule has 0 saturated carbocycles. The van der Waals surface area contributed by atoms with Crippen LogP contribution in [0.15, 0.2) is 30.3 Å². The van der Waals surface area contributed by atoms with Crippen LogP contribution in [-0.4, -0.2) is 48.2 Å². The molecular formula is C24H33Cl2NO5. The smallest absolute Gasteiger partial charge is 0.160 e. The second-order valence-electron chi connectivity index (χ2n) is 7.65. The Morgan fingerprint density at radius 2 is 1.59 bits per heavy atom. The molecule has 1 atom stereocenters. The zero-order chi connectivity index (χ0) is 23.3. The van der Waals surface area contributed by atoms with Gasteiger partial charge in [0, 0.05) is 34.3 Å². The van der Waals surface area contributed by atoms with Gasteiger partial charge in [-0.15, -0.1) is 0 Å². The minimum atomic E-state index is -0.730. The molecule has 4 N–H and O–H groups in total. The Hall–Kier alpha value is -1.54. The fraction of sp³-hybridized carbons (Fsp3) is 0.500. The molecule has 178 valence electrons. The predicted molar refractivity (Wildman–Crippen MR) is 128 cm³/mol. The van der Waals surface area contributed by atoms with Crippen molar-refractivity contribution in [1.29, 1.82) is 0 Å². The fourth-order valence-electron chi connectivity index (χ4n) is 3.28. The summed E-state index contributed by atoms with van der Waals surface area (Å²) in [7, 11) is 0. The van der Waals surface area contributed by atoms with E-state index in [0.717, 1.165) is 37.8 Å². The van der Waals surface area contributed by atoms with Crippen LogP contribution in [0.25, 0.3) is 0 Å². The van der Waals surface area contributed by atoms with Crippen molar-refractivity contribution in [1.82, 2.24) is 5.32 Å². The molecule has 2 aromatic carbocycles. The van der Waals surface area contributed by atoms with Gasteiger partial charge in [-0.1, -0.05) is 48.2 Å². The molecule has 0 aliphatic carbocycles. The lowest BCUT2D eigenvalue weighted by Crippen LogP contribution is -2.23. The van der Waals surface area contributed by atoms with Crippen LogP contribution in [0.5, 0.6) is 11.5 Å². The maximum Gasteiger partial charge on any atom is 0.160 e. The molecule has 0 aromatic heterocycles. The Morgan fingerprint density at radius 1 is 0.906 bits per heavy atom. The summed E-state index contributed by atoms with van der Waals surface area (Å²) in [5, 5.41) is 34.0. The standard InChI is InChI=1S/C24H33Cl2NO5/c1-17-18(9-10-22(28)24(17)30)23(29)15-27-11-4-2-3-5-12-31-13-14-32-16-19-20(25)7-6-8-21(19)26/h6-10,23,27-30H,2-5,11-16H2,1H3/t23-/m0/s1. The molecule has 32 heavy (non-hydrogen) atoms. The molecule has 0 spiro atoms. The summed E-state index contributed by atoms with van der Waals surface area (Å²) in [5.41, 5.74) is 1.91. The van der Waals surface area contributed by atoms with E-state index in [1.54, 1.807) is 25.1 Å². The van der Waals surface area contributed by atoms with Gasteiger partial charge < -0.3 is 30.1 Å². The van der Waals surface area contributed by atoms with Crippen molar-refractivity contribution in [3.63, 3.8) is 0 Å². The van der Waals surface area contributed by atoms with Crippen molar-refractivity contribution in [2.24, 2.45) is 0 Å². The number of rotatable bonds is 15. The van der Waals surface area contributed by atoms with Gasteiger partial charge in [-0.25, -0.2) is 0 Å². The maximum atomic E-state index is 10.3. The first-order valence-corrected chi connectivity index (χ1v) is 11.7. The Balaban J connectivity index is 1.43. The summed E-state index contributed by atoms with van der Waals surface area (Å²) in [6, 6.07) is 8.42. The van der Waals surface area contributed by atoms with Gasteiger partial charge in [0.1, 0.15) is 0 Å². The third kappa shape index (κ3) is 8.77. The molecule has 0 amide bonds. The number of hydrogen-bond acceptors (Lipinski definition) is 6. The van der Waals surface area contributed by atoms with Crippen molar-refractivity contribution in [2.75, 3.05) is 32.9 Å². The van der Waals surface area contributed by atoms with Crippen LogP contribution in [0.1, 0.15) is 48.5 Å². The molecule has 0 radical (unpaired) electrons. The number of phenols is 2. The second-order valence-corrected chi connectivity index (χ2v) is 8.46. The van der Waals surface area contributed by atoms with Crippen LogP contribution in [0, 0.1) is 6.92 Å². The predicted octanol–water partition coefficient (Wildman–Crippen LogP) is 5.13. The highest BCUT2D eigenvalue weighted by Gasteiger charge is 2.14. The number of aromatic hydroxyl groups is 2. The normalized spacial score (nSPS) is 12.2. The van der Waals surface area contributed by atoms with E-state index in [2.05, 4.69) is 5.32 Å². The summed E-state index contributed by atoms with van der Waals surface area (Å²) in [6.07, 6.45) is 3.42. The zero-order valence-electron chi connectivity index (χ0n) is 18.4. The van der Waals surface area contributed by atoms with Crippen LogP contribution in [0.2, 0.25) is 10.0 Å². The topological polar surface area (TPSA) is 91.2 Å². The second kappa shape index (κ2) is 14.6. The quantitative estimate of drug-likeness (QED) is 0.206. The highest BCUT2D eigenvalue weighted by molar-refractivity contribution is 6.35. The molecule has 0 saturated heterocycles. The van der Waals surface area contributed by atoms with E-state index < -0.39 is 6.10 Å². The van der Waals surface area contributed by atoms with Crippen LogP contribution in [0.3, 0.4) is 0 Å². The Bertz CT molecular complexity index is 814. The minimum absolute atomic E-state index is 0.176. The largest absolute Gasteiger partial charge is 0.504 e. The number of ether oxygens (including phenoxy) is 2. The average molecular weight is 486 g/mol.